The van der Waals surface area contributed by atoms with Crippen molar-refractivity contribution in [1.29, 1.82) is 0 Å². The third-order valence-electron chi connectivity index (χ3n) is 11.1. The first-order valence-electron chi connectivity index (χ1n) is 18.2. The monoisotopic (exact) mass is 700 g/mol. The lowest BCUT2D eigenvalue weighted by atomic mass is 9.66. The number of amides is 3. The van der Waals surface area contributed by atoms with Gasteiger partial charge >= 0.3 is 0 Å². The number of carbonyl (C=O) groups excluding carboxylic acids is 3. The minimum absolute atomic E-state index is 0.224. The lowest BCUT2D eigenvalue weighted by Crippen LogP contribution is -2.60. The predicted octanol–water partition coefficient (Wildman–Crippen LogP) is 3.32. The van der Waals surface area contributed by atoms with E-state index in [9.17, 15) is 9.90 Å². The summed E-state index contributed by atoms with van der Waals surface area (Å²) in [6.45, 7) is 16.3. The van der Waals surface area contributed by atoms with Gasteiger partial charge in [-0.3, -0.25) is 19.3 Å². The first-order chi connectivity index (χ1) is 24.7. The molecular formula is C40H52N4O7. The van der Waals surface area contributed by atoms with E-state index >= 15 is 9.59 Å². The maximum Gasteiger partial charge on any atom is 0.248 e. The molecular weight excluding hydrogens is 648 g/mol. The smallest absolute Gasteiger partial charge is 0.248 e. The molecule has 274 valence electrons. The van der Waals surface area contributed by atoms with Gasteiger partial charge in [-0.1, -0.05) is 42.5 Å². The molecule has 0 saturated carbocycles. The maximum atomic E-state index is 15.1. The fourth-order valence-corrected chi connectivity index (χ4v) is 8.77. The van der Waals surface area contributed by atoms with E-state index in [1.807, 2.05) is 68.4 Å². The van der Waals surface area contributed by atoms with Crippen LogP contribution in [-0.4, -0.2) is 127 Å². The van der Waals surface area contributed by atoms with E-state index in [0.717, 1.165) is 18.7 Å². The summed E-state index contributed by atoms with van der Waals surface area (Å²) < 4.78 is 18.1. The van der Waals surface area contributed by atoms with E-state index in [1.54, 1.807) is 26.9 Å². The molecule has 4 fully saturated rings. The molecule has 11 heteroatoms. The van der Waals surface area contributed by atoms with E-state index in [2.05, 4.69) is 18.1 Å². The second-order valence-electron chi connectivity index (χ2n) is 14.2. The van der Waals surface area contributed by atoms with Gasteiger partial charge in [0, 0.05) is 45.0 Å². The fourth-order valence-electron chi connectivity index (χ4n) is 8.77. The molecule has 4 saturated heterocycles. The molecule has 0 aliphatic carbocycles. The number of rotatable bonds is 16. The number of aliphatic hydroxyl groups is 1. The molecule has 4 aliphatic heterocycles. The number of fused-ring (bicyclic) bond motifs is 1. The number of hydrogen-bond donors (Lipinski definition) is 1. The van der Waals surface area contributed by atoms with Gasteiger partial charge in [0.15, 0.2) is 0 Å². The van der Waals surface area contributed by atoms with E-state index < -0.39 is 35.1 Å². The van der Waals surface area contributed by atoms with E-state index in [-0.39, 0.29) is 37.4 Å². The number of ether oxygens (including phenoxy) is 3. The molecule has 1 N–H and O–H groups in total. The summed E-state index contributed by atoms with van der Waals surface area (Å²) in [6.07, 6.45) is 4.66. The number of likely N-dealkylation sites (tertiary alicyclic amines) is 1. The van der Waals surface area contributed by atoms with Gasteiger partial charge in [-0.25, -0.2) is 0 Å². The Hall–Kier alpha value is -4.03. The average Bonchev–Trinajstić information content (AvgIpc) is 3.72. The fraction of sp³-hybridized carbons (Fsp3) is 0.525. The average molecular weight is 701 g/mol. The Balaban J connectivity index is 1.39. The number of nitrogens with zero attached hydrogens (tertiary/aromatic N) is 4. The van der Waals surface area contributed by atoms with Gasteiger partial charge < -0.3 is 34.0 Å². The summed E-state index contributed by atoms with van der Waals surface area (Å²) >= 11 is 0. The standard InChI is InChI=1S/C40H52N4O7/c1-5-19-42(22-21-41-23-25-49-26-24-41)38(48)35-40-18-17-39(4,51-40)33(36(46)43(20-6-2)30-13-15-32(16-14-30)50-7-3)34(40)37(47)44(35)31(28-45)27-29-11-9-8-10-12-29/h5-6,8-16,31,33-35,45H,1-2,7,17-28H2,3-4H3/t31-,33+,34+,35?,39-,40?/m1/s1. The van der Waals surface area contributed by atoms with Gasteiger partial charge in [-0.15, -0.1) is 13.2 Å². The van der Waals surface area contributed by atoms with Gasteiger partial charge in [0.2, 0.25) is 17.7 Å². The van der Waals surface area contributed by atoms with Crippen molar-refractivity contribution in [1.82, 2.24) is 14.7 Å². The Labute approximate surface area is 301 Å². The summed E-state index contributed by atoms with van der Waals surface area (Å²) in [7, 11) is 0. The molecule has 6 atom stereocenters. The summed E-state index contributed by atoms with van der Waals surface area (Å²) in [6, 6.07) is 15.2. The lowest BCUT2D eigenvalue weighted by molar-refractivity contribution is -0.154. The quantitative estimate of drug-likeness (QED) is 0.266. The summed E-state index contributed by atoms with van der Waals surface area (Å²) in [5.74, 6) is -1.92. The lowest BCUT2D eigenvalue weighted by Gasteiger charge is -2.40. The van der Waals surface area contributed by atoms with E-state index in [0.29, 0.717) is 63.6 Å². The van der Waals surface area contributed by atoms with Crippen molar-refractivity contribution >= 4 is 23.4 Å². The Kier molecular flexibility index (Phi) is 11.3. The molecule has 0 aromatic heterocycles. The zero-order chi connectivity index (χ0) is 36.2. The third kappa shape index (κ3) is 6.96. The van der Waals surface area contributed by atoms with Crippen LogP contribution >= 0.6 is 0 Å². The normalized spacial score (nSPS) is 27.5. The van der Waals surface area contributed by atoms with Crippen molar-refractivity contribution in [3.8, 4) is 5.75 Å². The Bertz CT molecular complexity index is 1560. The Morgan fingerprint density at radius 1 is 1.04 bits per heavy atom. The van der Waals surface area contributed by atoms with Gasteiger partial charge in [-0.05, 0) is 62.9 Å². The first kappa shape index (κ1) is 36.8. The van der Waals surface area contributed by atoms with Crippen LogP contribution in [0.3, 0.4) is 0 Å². The number of morpholine rings is 1. The molecule has 4 aliphatic rings. The highest BCUT2D eigenvalue weighted by Gasteiger charge is 2.79. The molecule has 2 bridgehead atoms. The minimum atomic E-state index is -1.25. The van der Waals surface area contributed by atoms with Gasteiger partial charge in [-0.2, -0.15) is 0 Å². The number of benzene rings is 2. The zero-order valence-corrected chi connectivity index (χ0v) is 30.0. The second kappa shape index (κ2) is 15.7. The third-order valence-corrected chi connectivity index (χ3v) is 11.1. The van der Waals surface area contributed by atoms with Crippen LogP contribution in [0.25, 0.3) is 0 Å². The molecule has 3 amide bonds. The number of hydrogen-bond acceptors (Lipinski definition) is 8. The molecule has 11 nitrogen and oxygen atoms in total. The van der Waals surface area contributed by atoms with Crippen LogP contribution < -0.4 is 9.64 Å². The highest BCUT2D eigenvalue weighted by Crippen LogP contribution is 2.64. The molecule has 2 unspecified atom stereocenters. The van der Waals surface area contributed by atoms with Crippen molar-refractivity contribution < 1.29 is 33.7 Å². The van der Waals surface area contributed by atoms with Crippen molar-refractivity contribution in [2.45, 2.75) is 56.4 Å². The number of anilines is 1. The number of aliphatic hydroxyl groups excluding tert-OH is 1. The van der Waals surface area contributed by atoms with Gasteiger partial charge in [0.25, 0.3) is 0 Å². The second-order valence-corrected chi connectivity index (χ2v) is 14.2. The van der Waals surface area contributed by atoms with Gasteiger partial charge in [0.05, 0.1) is 49.9 Å². The van der Waals surface area contributed by atoms with Crippen LogP contribution in [0.1, 0.15) is 32.3 Å². The van der Waals surface area contributed by atoms with Crippen molar-refractivity contribution in [3.05, 3.63) is 85.5 Å². The first-order valence-corrected chi connectivity index (χ1v) is 18.2. The SMILES string of the molecule is C=CCN(CCN1CCOCC1)C(=O)C1N([C@@H](CO)Cc2ccccc2)C(=O)[C@@H]2[C@@H](C(=O)N(CC=C)c3ccc(OCC)cc3)[C@@]3(C)CCC12O3. The van der Waals surface area contributed by atoms with Crippen LogP contribution in [0.5, 0.6) is 5.75 Å². The highest BCUT2D eigenvalue weighted by molar-refractivity contribution is 6.03. The molecule has 6 rings (SSSR count). The van der Waals surface area contributed by atoms with Gasteiger partial charge in [0.1, 0.15) is 17.4 Å². The molecule has 4 heterocycles. The van der Waals surface area contributed by atoms with E-state index in [1.165, 1.54) is 0 Å². The van der Waals surface area contributed by atoms with Crippen LogP contribution in [0, 0.1) is 11.8 Å². The summed E-state index contributed by atoms with van der Waals surface area (Å²) in [5, 5.41) is 10.9. The largest absolute Gasteiger partial charge is 0.494 e. The highest BCUT2D eigenvalue weighted by atomic mass is 16.5. The van der Waals surface area contributed by atoms with Crippen molar-refractivity contribution in [3.63, 3.8) is 0 Å². The molecule has 2 aromatic rings. The van der Waals surface area contributed by atoms with Crippen LogP contribution in [-0.2, 0) is 30.3 Å². The zero-order valence-electron chi connectivity index (χ0n) is 30.0. The molecule has 51 heavy (non-hydrogen) atoms. The van der Waals surface area contributed by atoms with Crippen molar-refractivity contribution in [2.75, 3.05) is 70.6 Å². The maximum absolute atomic E-state index is 15.1. The minimum Gasteiger partial charge on any atom is -0.494 e. The van der Waals surface area contributed by atoms with Crippen LogP contribution in [0.4, 0.5) is 5.69 Å². The van der Waals surface area contributed by atoms with Crippen LogP contribution in [0.2, 0.25) is 0 Å². The van der Waals surface area contributed by atoms with E-state index in [4.69, 9.17) is 14.2 Å². The molecule has 1 spiro atoms. The Morgan fingerprint density at radius 2 is 1.75 bits per heavy atom. The number of carbonyl (C=O) groups is 3. The van der Waals surface area contributed by atoms with Crippen LogP contribution in [0.15, 0.2) is 79.9 Å². The molecule has 0 radical (unpaired) electrons. The summed E-state index contributed by atoms with van der Waals surface area (Å²) in [4.78, 5) is 52.2. The Morgan fingerprint density at radius 3 is 2.39 bits per heavy atom. The van der Waals surface area contributed by atoms with Crippen molar-refractivity contribution in [2.24, 2.45) is 11.8 Å². The summed E-state index contributed by atoms with van der Waals surface area (Å²) in [5.41, 5.74) is -0.642. The predicted molar refractivity (Wildman–Crippen MR) is 194 cm³/mol. The molecule has 2 aromatic carbocycles. The topological polar surface area (TPSA) is 112 Å².